The standard InChI is InChI=1S/C15H20O4S/c1-12-15(9-10-19-12)20(17,18)11-5-8-14(16)13-6-3-2-4-7-13/h2-4,6-7,12,15H,5,8-11H2,1H3. The van der Waals surface area contributed by atoms with Crippen molar-refractivity contribution in [3.8, 4) is 0 Å². The van der Waals surface area contributed by atoms with Gasteiger partial charge in [-0.1, -0.05) is 30.3 Å². The second-order valence-corrected chi connectivity index (χ2v) is 7.50. The summed E-state index contributed by atoms with van der Waals surface area (Å²) >= 11 is 0. The summed E-state index contributed by atoms with van der Waals surface area (Å²) in [6.45, 7) is 2.30. The topological polar surface area (TPSA) is 60.4 Å². The molecule has 110 valence electrons. The summed E-state index contributed by atoms with van der Waals surface area (Å²) in [4.78, 5) is 11.9. The average molecular weight is 296 g/mol. The van der Waals surface area contributed by atoms with Crippen LogP contribution >= 0.6 is 0 Å². The van der Waals surface area contributed by atoms with E-state index in [9.17, 15) is 13.2 Å². The van der Waals surface area contributed by atoms with Crippen molar-refractivity contribution in [2.75, 3.05) is 12.4 Å². The highest BCUT2D eigenvalue weighted by Gasteiger charge is 2.35. The molecule has 2 atom stereocenters. The van der Waals surface area contributed by atoms with Crippen molar-refractivity contribution in [1.29, 1.82) is 0 Å². The number of rotatable bonds is 6. The maximum atomic E-state index is 12.2. The van der Waals surface area contributed by atoms with Gasteiger partial charge in [-0.2, -0.15) is 0 Å². The van der Waals surface area contributed by atoms with Crippen molar-refractivity contribution in [1.82, 2.24) is 0 Å². The van der Waals surface area contributed by atoms with Gasteiger partial charge in [-0.05, 0) is 19.8 Å². The monoisotopic (exact) mass is 296 g/mol. The predicted octanol–water partition coefficient (Wildman–Crippen LogP) is 2.24. The fourth-order valence-electron chi connectivity index (χ4n) is 2.54. The summed E-state index contributed by atoms with van der Waals surface area (Å²) < 4.78 is 29.6. The van der Waals surface area contributed by atoms with Crippen molar-refractivity contribution in [2.45, 2.75) is 37.5 Å². The van der Waals surface area contributed by atoms with Gasteiger partial charge in [0, 0.05) is 18.6 Å². The predicted molar refractivity (Wildman–Crippen MR) is 77.6 cm³/mol. The number of carbonyl (C=O) groups is 1. The van der Waals surface area contributed by atoms with Gasteiger partial charge in [0.2, 0.25) is 0 Å². The maximum Gasteiger partial charge on any atom is 0.162 e. The van der Waals surface area contributed by atoms with Crippen molar-refractivity contribution in [3.05, 3.63) is 35.9 Å². The van der Waals surface area contributed by atoms with E-state index >= 15 is 0 Å². The highest BCUT2D eigenvalue weighted by molar-refractivity contribution is 7.92. The van der Waals surface area contributed by atoms with Crippen LogP contribution in [0.4, 0.5) is 0 Å². The first-order chi connectivity index (χ1) is 9.50. The Morgan fingerprint density at radius 1 is 1.30 bits per heavy atom. The molecule has 4 nitrogen and oxygen atoms in total. The van der Waals surface area contributed by atoms with Gasteiger partial charge < -0.3 is 4.74 Å². The first-order valence-electron chi connectivity index (χ1n) is 6.92. The van der Waals surface area contributed by atoms with Gasteiger partial charge in [-0.15, -0.1) is 0 Å². The molecule has 1 aliphatic rings. The van der Waals surface area contributed by atoms with Crippen LogP contribution in [0, 0.1) is 0 Å². The van der Waals surface area contributed by atoms with Gasteiger partial charge in [0.1, 0.15) is 0 Å². The molecule has 1 fully saturated rings. The van der Waals surface area contributed by atoms with E-state index in [1.54, 1.807) is 19.1 Å². The van der Waals surface area contributed by atoms with Crippen LogP contribution in [0.2, 0.25) is 0 Å². The van der Waals surface area contributed by atoms with Crippen LogP contribution in [0.25, 0.3) is 0 Å². The van der Waals surface area contributed by atoms with Crippen LogP contribution in [0.5, 0.6) is 0 Å². The third kappa shape index (κ3) is 3.67. The SMILES string of the molecule is CC1OCCC1S(=O)(=O)CCCC(=O)c1ccccc1. The first-order valence-corrected chi connectivity index (χ1v) is 8.63. The highest BCUT2D eigenvalue weighted by atomic mass is 32.2. The van der Waals surface area contributed by atoms with Gasteiger partial charge in [0.05, 0.1) is 17.1 Å². The number of ether oxygens (including phenoxy) is 1. The molecule has 20 heavy (non-hydrogen) atoms. The molecule has 0 N–H and O–H groups in total. The molecule has 0 bridgehead atoms. The molecule has 0 spiro atoms. The molecule has 1 aromatic rings. The lowest BCUT2D eigenvalue weighted by molar-refractivity contribution is 0.0982. The summed E-state index contributed by atoms with van der Waals surface area (Å²) in [5.41, 5.74) is 0.641. The molecular formula is C15H20O4S. The summed E-state index contributed by atoms with van der Waals surface area (Å²) in [6.07, 6.45) is 0.977. The van der Waals surface area contributed by atoms with Crippen molar-refractivity contribution >= 4 is 15.6 Å². The number of benzene rings is 1. The lowest BCUT2D eigenvalue weighted by Gasteiger charge is -2.14. The fourth-order valence-corrected chi connectivity index (χ4v) is 4.50. The summed E-state index contributed by atoms with van der Waals surface area (Å²) in [5.74, 6) is 0.0562. The molecule has 2 unspecified atom stereocenters. The van der Waals surface area contributed by atoms with Crippen molar-refractivity contribution in [2.24, 2.45) is 0 Å². The molecule has 0 saturated carbocycles. The number of carbonyl (C=O) groups excluding carboxylic acids is 1. The Kier molecular flexibility index (Phi) is 4.94. The van der Waals surface area contributed by atoms with E-state index in [1.165, 1.54) is 0 Å². The molecule has 0 radical (unpaired) electrons. The molecule has 1 heterocycles. The second-order valence-electron chi connectivity index (χ2n) is 5.16. The van der Waals surface area contributed by atoms with Crippen molar-refractivity contribution < 1.29 is 17.9 Å². The molecule has 5 heteroatoms. The lowest BCUT2D eigenvalue weighted by Crippen LogP contribution is -2.30. The van der Waals surface area contributed by atoms with E-state index in [2.05, 4.69) is 0 Å². The Morgan fingerprint density at radius 2 is 2.00 bits per heavy atom. The quantitative estimate of drug-likeness (QED) is 0.755. The molecular weight excluding hydrogens is 276 g/mol. The minimum atomic E-state index is -3.16. The summed E-state index contributed by atoms with van der Waals surface area (Å²) in [5, 5.41) is -0.408. The Balaban J connectivity index is 1.85. The van der Waals surface area contributed by atoms with E-state index in [0.29, 0.717) is 25.0 Å². The smallest absolute Gasteiger partial charge is 0.162 e. The van der Waals surface area contributed by atoms with Crippen LogP contribution in [-0.4, -0.2) is 37.9 Å². The number of ketones is 1. The fraction of sp³-hybridized carbons (Fsp3) is 0.533. The molecule has 1 aromatic carbocycles. The zero-order valence-electron chi connectivity index (χ0n) is 11.6. The zero-order valence-corrected chi connectivity index (χ0v) is 12.4. The van der Waals surface area contributed by atoms with Crippen LogP contribution in [0.15, 0.2) is 30.3 Å². The van der Waals surface area contributed by atoms with Gasteiger partial charge in [-0.25, -0.2) is 8.42 Å². The van der Waals surface area contributed by atoms with E-state index in [0.717, 1.165) is 0 Å². The van der Waals surface area contributed by atoms with Gasteiger partial charge >= 0.3 is 0 Å². The number of hydrogen-bond donors (Lipinski definition) is 0. The van der Waals surface area contributed by atoms with Crippen LogP contribution < -0.4 is 0 Å². The molecule has 0 aliphatic carbocycles. The number of hydrogen-bond acceptors (Lipinski definition) is 4. The zero-order chi connectivity index (χ0) is 14.6. The maximum absolute atomic E-state index is 12.2. The van der Waals surface area contributed by atoms with Gasteiger partial charge in [0.15, 0.2) is 15.6 Å². The number of Topliss-reactive ketones (excluding diaryl/α,β-unsaturated/α-hetero) is 1. The Labute approximate surface area is 120 Å². The van der Waals surface area contributed by atoms with E-state index in [-0.39, 0.29) is 24.1 Å². The minimum absolute atomic E-state index is 0.00322. The van der Waals surface area contributed by atoms with Gasteiger partial charge in [-0.3, -0.25) is 4.79 Å². The highest BCUT2D eigenvalue weighted by Crippen LogP contribution is 2.22. The number of sulfone groups is 1. The summed E-state index contributed by atoms with van der Waals surface area (Å²) in [7, 11) is -3.16. The summed E-state index contributed by atoms with van der Waals surface area (Å²) in [6, 6.07) is 8.97. The molecule has 0 amide bonds. The minimum Gasteiger partial charge on any atom is -0.377 e. The van der Waals surface area contributed by atoms with E-state index in [1.807, 2.05) is 18.2 Å². The molecule has 1 saturated heterocycles. The normalized spacial score (nSPS) is 22.9. The third-order valence-electron chi connectivity index (χ3n) is 3.70. The molecule has 0 aromatic heterocycles. The van der Waals surface area contributed by atoms with Gasteiger partial charge in [0.25, 0.3) is 0 Å². The lowest BCUT2D eigenvalue weighted by atomic mass is 10.1. The molecule has 1 aliphatic heterocycles. The Bertz CT molecular complexity index is 550. The Hall–Kier alpha value is -1.20. The largest absolute Gasteiger partial charge is 0.377 e. The van der Waals surface area contributed by atoms with Crippen LogP contribution in [0.1, 0.15) is 36.5 Å². The van der Waals surface area contributed by atoms with E-state index < -0.39 is 15.1 Å². The Morgan fingerprint density at radius 3 is 2.60 bits per heavy atom. The third-order valence-corrected chi connectivity index (χ3v) is 6.10. The van der Waals surface area contributed by atoms with Crippen LogP contribution in [-0.2, 0) is 14.6 Å². The van der Waals surface area contributed by atoms with Crippen LogP contribution in [0.3, 0.4) is 0 Å². The molecule has 2 rings (SSSR count). The second kappa shape index (κ2) is 6.50. The van der Waals surface area contributed by atoms with E-state index in [4.69, 9.17) is 4.74 Å². The van der Waals surface area contributed by atoms with Crippen molar-refractivity contribution in [3.63, 3.8) is 0 Å². The first kappa shape index (κ1) is 15.2. The average Bonchev–Trinajstić information content (AvgIpc) is 2.86.